The van der Waals surface area contributed by atoms with E-state index < -0.39 is 0 Å². The number of hydrogen-bond donors (Lipinski definition) is 1. The third-order valence-corrected chi connectivity index (χ3v) is 1.95. The van der Waals surface area contributed by atoms with E-state index in [1.54, 1.807) is 12.4 Å². The fourth-order valence-electron chi connectivity index (χ4n) is 1.27. The lowest BCUT2D eigenvalue weighted by atomic mass is 10.2. The highest BCUT2D eigenvalue weighted by Gasteiger charge is 2.05. The molecule has 15 heavy (non-hydrogen) atoms. The molecule has 0 saturated carbocycles. The molecule has 0 bridgehead atoms. The number of nitrogens with zero attached hydrogens (tertiary/aromatic N) is 3. The first kappa shape index (κ1) is 9.79. The molecule has 0 saturated heterocycles. The average molecular weight is 204 g/mol. The van der Waals surface area contributed by atoms with Crippen molar-refractivity contribution in [1.82, 2.24) is 15.1 Å². The van der Waals surface area contributed by atoms with Gasteiger partial charge in [0.05, 0.1) is 0 Å². The molecule has 5 heteroatoms. The molecule has 2 aromatic rings. The lowest BCUT2D eigenvalue weighted by Gasteiger charge is -1.93. The minimum Gasteiger partial charge on any atom is -0.339 e. The maximum Gasteiger partial charge on any atom is 0.227 e. The summed E-state index contributed by atoms with van der Waals surface area (Å²) < 4.78 is 5.02. The summed E-state index contributed by atoms with van der Waals surface area (Å²) in [6.45, 7) is 0.522. The first-order valence-corrected chi connectivity index (χ1v) is 4.79. The summed E-state index contributed by atoms with van der Waals surface area (Å²) in [7, 11) is 0. The van der Waals surface area contributed by atoms with Gasteiger partial charge < -0.3 is 10.3 Å². The first-order chi connectivity index (χ1) is 7.38. The molecule has 2 aromatic heterocycles. The third kappa shape index (κ3) is 2.60. The van der Waals surface area contributed by atoms with Gasteiger partial charge in [-0.25, -0.2) is 0 Å². The van der Waals surface area contributed by atoms with E-state index in [-0.39, 0.29) is 0 Å². The molecule has 2 heterocycles. The van der Waals surface area contributed by atoms with Crippen molar-refractivity contribution in [3.8, 4) is 0 Å². The van der Waals surface area contributed by atoms with Crippen LogP contribution in [0, 0.1) is 0 Å². The number of rotatable bonds is 4. The van der Waals surface area contributed by atoms with Gasteiger partial charge in [0, 0.05) is 31.8 Å². The van der Waals surface area contributed by atoms with Crippen LogP contribution in [-0.4, -0.2) is 21.7 Å². The second-order valence-electron chi connectivity index (χ2n) is 3.18. The van der Waals surface area contributed by atoms with Gasteiger partial charge in [0.1, 0.15) is 0 Å². The van der Waals surface area contributed by atoms with E-state index in [2.05, 4.69) is 15.1 Å². The topological polar surface area (TPSA) is 77.8 Å². The molecule has 0 aliphatic rings. The van der Waals surface area contributed by atoms with Crippen LogP contribution in [0.1, 0.15) is 17.3 Å². The maximum absolute atomic E-state index is 5.38. The van der Waals surface area contributed by atoms with Gasteiger partial charge in [0.2, 0.25) is 5.89 Å². The summed E-state index contributed by atoms with van der Waals surface area (Å²) >= 11 is 0. The molecule has 78 valence electrons. The molecule has 2 rings (SSSR count). The zero-order chi connectivity index (χ0) is 10.5. The van der Waals surface area contributed by atoms with Gasteiger partial charge in [-0.2, -0.15) is 4.98 Å². The second-order valence-corrected chi connectivity index (χ2v) is 3.18. The molecule has 0 aliphatic carbocycles. The highest BCUT2D eigenvalue weighted by molar-refractivity contribution is 5.13. The van der Waals surface area contributed by atoms with Crippen LogP contribution in [-0.2, 0) is 12.8 Å². The summed E-state index contributed by atoms with van der Waals surface area (Å²) in [5.41, 5.74) is 6.45. The van der Waals surface area contributed by atoms with Crippen molar-refractivity contribution in [3.63, 3.8) is 0 Å². The molecule has 0 atom stereocenters. The number of pyridine rings is 1. The van der Waals surface area contributed by atoms with Crippen molar-refractivity contribution < 1.29 is 4.52 Å². The summed E-state index contributed by atoms with van der Waals surface area (Å²) in [5.74, 6) is 1.27. The zero-order valence-corrected chi connectivity index (χ0v) is 8.26. The highest BCUT2D eigenvalue weighted by Crippen LogP contribution is 2.05. The Morgan fingerprint density at radius 3 is 3.07 bits per heavy atom. The molecule has 2 N–H and O–H groups in total. The van der Waals surface area contributed by atoms with Gasteiger partial charge in [-0.3, -0.25) is 4.98 Å². The standard InChI is InChI=1S/C10H12N4O/c11-4-3-10-13-9(14-15-10)6-8-2-1-5-12-7-8/h1-2,5,7H,3-4,6,11H2. The number of aromatic nitrogens is 3. The molecule has 0 fully saturated rings. The van der Waals surface area contributed by atoms with Gasteiger partial charge in [-0.15, -0.1) is 0 Å². The molecule has 0 unspecified atom stereocenters. The lowest BCUT2D eigenvalue weighted by molar-refractivity contribution is 0.375. The third-order valence-electron chi connectivity index (χ3n) is 1.95. The molecular weight excluding hydrogens is 192 g/mol. The minimum atomic E-state index is 0.522. The Kier molecular flexibility index (Phi) is 3.04. The molecule has 0 aliphatic heterocycles. The Hall–Kier alpha value is -1.75. The smallest absolute Gasteiger partial charge is 0.227 e. The van der Waals surface area contributed by atoms with Gasteiger partial charge >= 0.3 is 0 Å². The molecule has 0 aromatic carbocycles. The Bertz CT molecular complexity index is 412. The van der Waals surface area contributed by atoms with Crippen molar-refractivity contribution in [1.29, 1.82) is 0 Å². The lowest BCUT2D eigenvalue weighted by Crippen LogP contribution is -2.02. The van der Waals surface area contributed by atoms with Gasteiger partial charge in [-0.05, 0) is 11.6 Å². The van der Waals surface area contributed by atoms with Crippen LogP contribution >= 0.6 is 0 Å². The average Bonchev–Trinajstić information content (AvgIpc) is 2.68. The van der Waals surface area contributed by atoms with E-state index >= 15 is 0 Å². The summed E-state index contributed by atoms with van der Waals surface area (Å²) in [4.78, 5) is 8.23. The van der Waals surface area contributed by atoms with Crippen molar-refractivity contribution >= 4 is 0 Å². The van der Waals surface area contributed by atoms with E-state index in [4.69, 9.17) is 10.3 Å². The van der Waals surface area contributed by atoms with Crippen molar-refractivity contribution in [2.24, 2.45) is 5.73 Å². The van der Waals surface area contributed by atoms with E-state index in [9.17, 15) is 0 Å². The van der Waals surface area contributed by atoms with Crippen LogP contribution in [0.2, 0.25) is 0 Å². The largest absolute Gasteiger partial charge is 0.339 e. The van der Waals surface area contributed by atoms with Crippen LogP contribution in [0.15, 0.2) is 29.0 Å². The fourth-order valence-corrected chi connectivity index (χ4v) is 1.27. The van der Waals surface area contributed by atoms with E-state index in [1.165, 1.54) is 0 Å². The minimum absolute atomic E-state index is 0.522. The van der Waals surface area contributed by atoms with Gasteiger partial charge in [0.15, 0.2) is 5.82 Å². The van der Waals surface area contributed by atoms with Crippen molar-refractivity contribution in [2.75, 3.05) is 6.54 Å². The van der Waals surface area contributed by atoms with Crippen LogP contribution in [0.3, 0.4) is 0 Å². The Labute approximate surface area is 87.3 Å². The Morgan fingerprint density at radius 1 is 1.40 bits per heavy atom. The molecule has 5 nitrogen and oxygen atoms in total. The SMILES string of the molecule is NCCc1nc(Cc2cccnc2)no1. The highest BCUT2D eigenvalue weighted by atomic mass is 16.5. The monoisotopic (exact) mass is 204 g/mol. The summed E-state index contributed by atoms with van der Waals surface area (Å²) in [6.07, 6.45) is 4.79. The van der Waals surface area contributed by atoms with E-state index in [0.29, 0.717) is 31.1 Å². The molecule has 0 spiro atoms. The van der Waals surface area contributed by atoms with Gasteiger partial charge in [0.25, 0.3) is 0 Å². The van der Waals surface area contributed by atoms with Crippen LogP contribution in [0.5, 0.6) is 0 Å². The van der Waals surface area contributed by atoms with Crippen LogP contribution < -0.4 is 5.73 Å². The Morgan fingerprint density at radius 2 is 2.33 bits per heavy atom. The fraction of sp³-hybridized carbons (Fsp3) is 0.300. The summed E-state index contributed by atoms with van der Waals surface area (Å²) in [6, 6.07) is 3.86. The first-order valence-electron chi connectivity index (χ1n) is 4.79. The number of nitrogens with two attached hydrogens (primary N) is 1. The molecule has 0 amide bonds. The van der Waals surface area contributed by atoms with Crippen LogP contribution in [0.4, 0.5) is 0 Å². The van der Waals surface area contributed by atoms with Gasteiger partial charge in [-0.1, -0.05) is 11.2 Å². The zero-order valence-electron chi connectivity index (χ0n) is 8.26. The normalized spacial score (nSPS) is 10.5. The predicted octanol–water partition coefficient (Wildman–Crippen LogP) is 0.557. The van der Waals surface area contributed by atoms with Crippen LogP contribution in [0.25, 0.3) is 0 Å². The van der Waals surface area contributed by atoms with Crippen molar-refractivity contribution in [2.45, 2.75) is 12.8 Å². The quantitative estimate of drug-likeness (QED) is 0.787. The second kappa shape index (κ2) is 4.65. The predicted molar refractivity (Wildman–Crippen MR) is 54.1 cm³/mol. The molecular formula is C10H12N4O. The van der Waals surface area contributed by atoms with Crippen molar-refractivity contribution in [3.05, 3.63) is 41.8 Å². The number of hydrogen-bond acceptors (Lipinski definition) is 5. The Balaban J connectivity index is 2.05. The summed E-state index contributed by atoms with van der Waals surface area (Å²) in [5, 5.41) is 3.86. The van der Waals surface area contributed by atoms with E-state index in [0.717, 1.165) is 5.56 Å². The molecule has 0 radical (unpaired) electrons. The van der Waals surface area contributed by atoms with E-state index in [1.807, 2.05) is 12.1 Å². The maximum atomic E-state index is 5.38.